The summed E-state index contributed by atoms with van der Waals surface area (Å²) in [7, 11) is 0. The van der Waals surface area contributed by atoms with Gasteiger partial charge < -0.3 is 0 Å². The Morgan fingerprint density at radius 1 is 1.17 bits per heavy atom. The van der Waals surface area contributed by atoms with E-state index < -0.39 is 0 Å². The molecule has 0 amide bonds. The average molecular weight is 343 g/mol. The molecule has 4 heterocycles. The Hall–Kier alpha value is -1.82. The highest BCUT2D eigenvalue weighted by molar-refractivity contribution is 7.13. The van der Waals surface area contributed by atoms with Gasteiger partial charge in [0.05, 0.1) is 10.6 Å². The quantitative estimate of drug-likeness (QED) is 0.679. The standard InChI is InChI=1S/C17H15ClN4S/c18-16-4-3-12(8-19-16)10-22-6-5-13-9-20-17(21-14(13)11-22)15-2-1-7-23-15/h1-4,7-9H,5-6,10-11H2. The predicted octanol–water partition coefficient (Wildman–Crippen LogP) is 3.81. The first kappa shape index (κ1) is 14.8. The predicted molar refractivity (Wildman–Crippen MR) is 92.4 cm³/mol. The fourth-order valence-corrected chi connectivity index (χ4v) is 3.55. The number of thiophene rings is 1. The van der Waals surface area contributed by atoms with Gasteiger partial charge in [-0.15, -0.1) is 11.3 Å². The van der Waals surface area contributed by atoms with Crippen LogP contribution in [0.15, 0.2) is 42.0 Å². The van der Waals surface area contributed by atoms with Crippen LogP contribution in [-0.2, 0) is 19.5 Å². The lowest BCUT2D eigenvalue weighted by atomic mass is 10.1. The van der Waals surface area contributed by atoms with E-state index in [1.165, 1.54) is 11.1 Å². The monoisotopic (exact) mass is 342 g/mol. The number of pyridine rings is 1. The molecule has 116 valence electrons. The molecule has 4 rings (SSSR count). The van der Waals surface area contributed by atoms with Gasteiger partial charge in [0.25, 0.3) is 0 Å². The minimum absolute atomic E-state index is 0.533. The molecule has 6 heteroatoms. The van der Waals surface area contributed by atoms with Crippen molar-refractivity contribution in [2.45, 2.75) is 19.5 Å². The van der Waals surface area contributed by atoms with Crippen LogP contribution in [0.25, 0.3) is 10.7 Å². The van der Waals surface area contributed by atoms with Crippen molar-refractivity contribution >= 4 is 22.9 Å². The van der Waals surface area contributed by atoms with Gasteiger partial charge in [-0.05, 0) is 35.1 Å². The molecule has 0 aromatic carbocycles. The minimum Gasteiger partial charge on any atom is -0.293 e. The van der Waals surface area contributed by atoms with E-state index in [2.05, 4.69) is 26.3 Å². The first-order valence-corrected chi connectivity index (χ1v) is 8.75. The normalized spacial score (nSPS) is 14.7. The Balaban J connectivity index is 1.53. The van der Waals surface area contributed by atoms with E-state index in [4.69, 9.17) is 16.6 Å². The van der Waals surface area contributed by atoms with Crippen LogP contribution in [0.5, 0.6) is 0 Å². The molecule has 0 atom stereocenters. The number of nitrogens with zero attached hydrogens (tertiary/aromatic N) is 4. The third-order valence-electron chi connectivity index (χ3n) is 3.96. The van der Waals surface area contributed by atoms with Crippen LogP contribution in [0.1, 0.15) is 16.8 Å². The molecule has 23 heavy (non-hydrogen) atoms. The molecule has 0 N–H and O–H groups in total. The van der Waals surface area contributed by atoms with Gasteiger partial charge in [-0.3, -0.25) is 4.90 Å². The highest BCUT2D eigenvalue weighted by Crippen LogP contribution is 2.24. The van der Waals surface area contributed by atoms with E-state index in [-0.39, 0.29) is 0 Å². The van der Waals surface area contributed by atoms with Gasteiger partial charge in [0.1, 0.15) is 5.15 Å². The van der Waals surface area contributed by atoms with Crippen LogP contribution in [0.2, 0.25) is 5.15 Å². The van der Waals surface area contributed by atoms with Crippen molar-refractivity contribution in [3.8, 4) is 10.7 Å². The maximum absolute atomic E-state index is 5.85. The second-order valence-electron chi connectivity index (χ2n) is 5.59. The molecule has 0 spiro atoms. The maximum atomic E-state index is 5.85. The van der Waals surface area contributed by atoms with Crippen LogP contribution in [0.3, 0.4) is 0 Å². The third-order valence-corrected chi connectivity index (χ3v) is 5.05. The summed E-state index contributed by atoms with van der Waals surface area (Å²) in [5.74, 6) is 0.828. The number of fused-ring (bicyclic) bond motifs is 1. The fraction of sp³-hybridized carbons (Fsp3) is 0.235. The molecule has 0 saturated heterocycles. The lowest BCUT2D eigenvalue weighted by Crippen LogP contribution is -2.31. The first-order valence-electron chi connectivity index (χ1n) is 7.49. The molecule has 3 aromatic rings. The highest BCUT2D eigenvalue weighted by atomic mass is 35.5. The van der Waals surface area contributed by atoms with Crippen molar-refractivity contribution in [1.29, 1.82) is 0 Å². The molecular formula is C17H15ClN4S. The van der Waals surface area contributed by atoms with E-state index in [0.717, 1.165) is 42.5 Å². The lowest BCUT2D eigenvalue weighted by Gasteiger charge is -2.27. The van der Waals surface area contributed by atoms with Crippen LogP contribution < -0.4 is 0 Å². The van der Waals surface area contributed by atoms with E-state index in [1.807, 2.05) is 30.6 Å². The summed E-state index contributed by atoms with van der Waals surface area (Å²) in [4.78, 5) is 16.9. The Morgan fingerprint density at radius 3 is 2.91 bits per heavy atom. The number of hydrogen-bond acceptors (Lipinski definition) is 5. The molecule has 0 radical (unpaired) electrons. The average Bonchev–Trinajstić information content (AvgIpc) is 3.11. The van der Waals surface area contributed by atoms with Crippen LogP contribution in [0.4, 0.5) is 0 Å². The van der Waals surface area contributed by atoms with Crippen molar-refractivity contribution in [3.05, 3.63) is 64.0 Å². The Labute approximate surface area is 143 Å². The SMILES string of the molecule is Clc1ccc(CN2CCc3cnc(-c4cccs4)nc3C2)cn1. The van der Waals surface area contributed by atoms with Crippen molar-refractivity contribution in [2.24, 2.45) is 0 Å². The molecule has 1 aliphatic heterocycles. The van der Waals surface area contributed by atoms with E-state index in [9.17, 15) is 0 Å². The zero-order valence-corrected chi connectivity index (χ0v) is 14.0. The van der Waals surface area contributed by atoms with Gasteiger partial charge in [0.2, 0.25) is 0 Å². The smallest absolute Gasteiger partial charge is 0.169 e. The van der Waals surface area contributed by atoms with Gasteiger partial charge in [-0.2, -0.15) is 0 Å². The molecule has 1 aliphatic rings. The number of aromatic nitrogens is 3. The van der Waals surface area contributed by atoms with E-state index >= 15 is 0 Å². The molecule has 0 bridgehead atoms. The molecular weight excluding hydrogens is 328 g/mol. The molecule has 0 saturated carbocycles. The Morgan fingerprint density at radius 2 is 2.13 bits per heavy atom. The van der Waals surface area contributed by atoms with Gasteiger partial charge in [0.15, 0.2) is 5.82 Å². The molecule has 4 nitrogen and oxygen atoms in total. The van der Waals surface area contributed by atoms with Crippen molar-refractivity contribution in [1.82, 2.24) is 19.9 Å². The largest absolute Gasteiger partial charge is 0.293 e. The van der Waals surface area contributed by atoms with Gasteiger partial charge in [-0.25, -0.2) is 15.0 Å². The van der Waals surface area contributed by atoms with Crippen molar-refractivity contribution in [2.75, 3.05) is 6.54 Å². The molecule has 0 fully saturated rings. The van der Waals surface area contributed by atoms with Crippen LogP contribution in [0, 0.1) is 0 Å². The van der Waals surface area contributed by atoms with Gasteiger partial charge in [0, 0.05) is 32.0 Å². The summed E-state index contributed by atoms with van der Waals surface area (Å²) < 4.78 is 0. The van der Waals surface area contributed by atoms with Crippen LogP contribution in [-0.4, -0.2) is 26.4 Å². The summed E-state index contributed by atoms with van der Waals surface area (Å²) in [6.07, 6.45) is 4.81. The van der Waals surface area contributed by atoms with Crippen molar-refractivity contribution in [3.63, 3.8) is 0 Å². The summed E-state index contributed by atoms with van der Waals surface area (Å²) in [5.41, 5.74) is 3.57. The summed E-state index contributed by atoms with van der Waals surface area (Å²) in [5, 5.41) is 2.59. The van der Waals surface area contributed by atoms with Crippen molar-refractivity contribution < 1.29 is 0 Å². The Bertz CT molecular complexity index is 802. The molecule has 0 aliphatic carbocycles. The van der Waals surface area contributed by atoms with E-state index in [1.54, 1.807) is 11.3 Å². The molecule has 3 aromatic heterocycles. The second kappa shape index (κ2) is 6.35. The number of halogens is 1. The highest BCUT2D eigenvalue weighted by Gasteiger charge is 2.19. The number of hydrogen-bond donors (Lipinski definition) is 0. The second-order valence-corrected chi connectivity index (χ2v) is 6.93. The summed E-state index contributed by atoms with van der Waals surface area (Å²) in [6, 6.07) is 7.96. The Kier molecular flexibility index (Phi) is 4.08. The maximum Gasteiger partial charge on any atom is 0.169 e. The summed E-state index contributed by atoms with van der Waals surface area (Å²) in [6.45, 7) is 2.72. The van der Waals surface area contributed by atoms with E-state index in [0.29, 0.717) is 5.15 Å². The zero-order valence-electron chi connectivity index (χ0n) is 12.4. The third kappa shape index (κ3) is 3.27. The van der Waals surface area contributed by atoms with Crippen LogP contribution >= 0.6 is 22.9 Å². The number of rotatable bonds is 3. The zero-order chi connectivity index (χ0) is 15.6. The van der Waals surface area contributed by atoms with Gasteiger partial charge >= 0.3 is 0 Å². The first-order chi connectivity index (χ1) is 11.3. The lowest BCUT2D eigenvalue weighted by molar-refractivity contribution is 0.241. The van der Waals surface area contributed by atoms with Gasteiger partial charge in [-0.1, -0.05) is 23.7 Å². The fourth-order valence-electron chi connectivity index (χ4n) is 2.77. The summed E-state index contributed by atoms with van der Waals surface area (Å²) >= 11 is 7.52. The molecule has 0 unspecified atom stereocenters. The topological polar surface area (TPSA) is 41.9 Å². The minimum atomic E-state index is 0.533.